The number of nitrogens with zero attached hydrogens (tertiary/aromatic N) is 9. The number of likely N-dealkylation sites (tertiary alicyclic amines) is 1. The summed E-state index contributed by atoms with van der Waals surface area (Å²) in [7, 11) is 10.8. The van der Waals surface area contributed by atoms with Crippen molar-refractivity contribution >= 4 is 88.5 Å². The fourth-order valence-corrected chi connectivity index (χ4v) is 15.6. The van der Waals surface area contributed by atoms with E-state index in [2.05, 4.69) is 16.0 Å². The molecule has 1 aromatic rings. The third-order valence-corrected chi connectivity index (χ3v) is 22.3. The first-order chi connectivity index (χ1) is 48.4. The van der Waals surface area contributed by atoms with E-state index in [-0.39, 0.29) is 55.9 Å². The molecular formula is C73H112ClF3N12O14. The zero-order valence-corrected chi connectivity index (χ0v) is 63.1. The van der Waals surface area contributed by atoms with Crippen LogP contribution in [0.1, 0.15) is 187 Å². The van der Waals surface area contributed by atoms with Crippen LogP contribution in [0.2, 0.25) is 5.02 Å². The molecule has 1 spiro atoms. The van der Waals surface area contributed by atoms with Crippen molar-refractivity contribution in [2.45, 2.75) is 236 Å². The predicted molar refractivity (Wildman–Crippen MR) is 378 cm³/mol. The van der Waals surface area contributed by atoms with Crippen LogP contribution >= 0.6 is 11.6 Å². The summed E-state index contributed by atoms with van der Waals surface area (Å²) in [6.45, 7) is 6.08. The molecule has 103 heavy (non-hydrogen) atoms. The molecule has 30 heteroatoms. The van der Waals surface area contributed by atoms with Gasteiger partial charge in [-0.25, -0.2) is 0 Å². The van der Waals surface area contributed by atoms with Gasteiger partial charge in [-0.2, -0.15) is 13.2 Å². The molecule has 26 nitrogen and oxygen atoms in total. The van der Waals surface area contributed by atoms with Gasteiger partial charge in [0.1, 0.15) is 47.8 Å². The van der Waals surface area contributed by atoms with Crippen molar-refractivity contribution in [2.75, 3.05) is 89.1 Å². The minimum absolute atomic E-state index is 0.00850. The summed E-state index contributed by atoms with van der Waals surface area (Å²) in [5.41, 5.74) is -2.74. The van der Waals surface area contributed by atoms with Crippen LogP contribution < -0.4 is 16.0 Å². The molecule has 2 heterocycles. The number of nitrogens with one attached hydrogen (secondary N) is 3. The Bertz CT molecular complexity index is 3210. The number of aliphatic carboxylic acids is 1. The van der Waals surface area contributed by atoms with E-state index in [1.165, 1.54) is 68.9 Å². The van der Waals surface area contributed by atoms with Gasteiger partial charge < -0.3 is 65.2 Å². The summed E-state index contributed by atoms with van der Waals surface area (Å²) >= 11 is 6.13. The van der Waals surface area contributed by atoms with Crippen molar-refractivity contribution in [1.82, 2.24) is 60.0 Å². The van der Waals surface area contributed by atoms with Crippen LogP contribution in [0.5, 0.6) is 0 Å². The number of hydrogen-bond acceptors (Lipinski definition) is 13. The Morgan fingerprint density at radius 2 is 1.19 bits per heavy atom. The number of likely N-dealkylation sites (N-methyl/N-ethyl adjacent to an activating group) is 8. The van der Waals surface area contributed by atoms with E-state index in [9.17, 15) is 51.8 Å². The average Bonchev–Trinajstić information content (AvgIpc) is 1.76. The minimum atomic E-state index is -4.82. The van der Waals surface area contributed by atoms with Crippen LogP contribution in [0.15, 0.2) is 18.2 Å². The zero-order valence-electron chi connectivity index (χ0n) is 62.4. The van der Waals surface area contributed by atoms with Gasteiger partial charge in [0.2, 0.25) is 70.9 Å². The second-order valence-electron chi connectivity index (χ2n) is 30.0. The Hall–Kier alpha value is -7.59. The number of hydrogen-bond donors (Lipinski definition) is 4. The summed E-state index contributed by atoms with van der Waals surface area (Å²) in [4.78, 5) is 203. The number of halogens is 4. The standard InChI is InChI=1S/C73H112ClF3N12O14/c1-13-46(4)62-69(101)83(7)43-59(92)81(5)44-60(93)85(9)55(39-47-25-17-14-18-26-47)67(99)82(6)42-57(90)78-52(32-30-48-29-31-50(51(74)38-48)73(75,76)77)66(98)86(10)54(41-61(94)95)65(97)80-72(33-21-22-34-72)71(103)88(12)63(49-27-19-15-20-28-49)70(102)87(11)56(68(100)89-35-23-16-24-36-89)40-58(91)84(8)53(37-45(2)3)64(96)79-62/h29,31,38,45-47,49,52-56,62-63H,13-28,30,32-37,39-44H2,1-12H3,(H,78,90)(H,79,96)(H,80,97)(H,94,95)/t46-,52-,53-,54-,55-,56-,62-,63-/m0/s1. The lowest BCUT2D eigenvalue weighted by Gasteiger charge is -2.43. The molecule has 4 N–H and O–H groups in total. The van der Waals surface area contributed by atoms with Crippen molar-refractivity contribution in [3.63, 3.8) is 0 Å². The molecule has 576 valence electrons. The highest BCUT2D eigenvalue weighted by molar-refractivity contribution is 6.31. The summed E-state index contributed by atoms with van der Waals surface area (Å²) in [5.74, 6) is -11.9. The summed E-state index contributed by atoms with van der Waals surface area (Å²) in [5, 5.41) is 18.2. The smallest absolute Gasteiger partial charge is 0.417 e. The van der Waals surface area contributed by atoms with Gasteiger partial charge in [-0.3, -0.25) is 62.3 Å². The van der Waals surface area contributed by atoms with Gasteiger partial charge in [0.05, 0.1) is 43.1 Å². The van der Waals surface area contributed by atoms with E-state index in [0.717, 1.165) is 89.8 Å². The number of benzene rings is 1. The van der Waals surface area contributed by atoms with Crippen LogP contribution in [-0.2, 0) is 74.9 Å². The number of carbonyl (C=O) groups is 13. The second-order valence-corrected chi connectivity index (χ2v) is 30.5. The molecule has 1 aromatic carbocycles. The van der Waals surface area contributed by atoms with Gasteiger partial charge in [0.25, 0.3) is 0 Å². The Balaban J connectivity index is 1.47. The van der Waals surface area contributed by atoms with Gasteiger partial charge in [0.15, 0.2) is 0 Å². The SMILES string of the molecule is CC[C@H](C)[C@@H]1NC(=O)[C@H](CC(C)C)N(C)C(=O)C[C@@H](C(=O)N2CCCCC2)N(C)C(=O)[C@H](C2CCCCC2)N(C)C(=O)C2(CCCC2)NC(=O)[C@H](CC(=O)O)N(C)C(=O)[C@H](CCc2ccc(C(F)(F)F)c(Cl)c2)NC(=O)CN(C)C(=O)[C@H](CC2CCCCC2)N(C)C(=O)CN(C)C(=O)CN(C)C1=O. The topological polar surface area (TPSA) is 307 Å². The Morgan fingerprint density at radius 3 is 1.77 bits per heavy atom. The summed E-state index contributed by atoms with van der Waals surface area (Å²) in [6.07, 6.45) is 3.83. The Labute approximate surface area is 609 Å². The number of aryl methyl sites for hydroxylation is 1. The Morgan fingerprint density at radius 1 is 0.621 bits per heavy atom. The van der Waals surface area contributed by atoms with E-state index < -0.39 is 186 Å². The average molecular weight is 1470 g/mol. The van der Waals surface area contributed by atoms with E-state index in [1.54, 1.807) is 11.8 Å². The maximum Gasteiger partial charge on any atom is 0.417 e. The lowest BCUT2D eigenvalue weighted by molar-refractivity contribution is -0.157. The van der Waals surface area contributed by atoms with E-state index in [4.69, 9.17) is 11.6 Å². The number of carboxylic acids is 1. The molecule has 2 aliphatic heterocycles. The highest BCUT2D eigenvalue weighted by Gasteiger charge is 2.51. The second kappa shape index (κ2) is 37.9. The summed E-state index contributed by atoms with van der Waals surface area (Å²) in [6, 6.07) is -7.03. The molecular weight excluding hydrogens is 1360 g/mol. The Kier molecular flexibility index (Phi) is 31.0. The van der Waals surface area contributed by atoms with Gasteiger partial charge in [0, 0.05) is 69.5 Å². The molecule has 0 aromatic heterocycles. The first kappa shape index (κ1) is 84.3. The first-order valence-electron chi connectivity index (χ1n) is 36.8. The molecule has 3 saturated carbocycles. The monoisotopic (exact) mass is 1470 g/mol. The molecule has 0 bridgehead atoms. The van der Waals surface area contributed by atoms with Gasteiger partial charge in [-0.1, -0.05) is 116 Å². The highest BCUT2D eigenvalue weighted by Crippen LogP contribution is 2.38. The number of alkyl halides is 3. The first-order valence-corrected chi connectivity index (χ1v) is 37.1. The molecule has 6 rings (SSSR count). The molecule has 5 aliphatic rings. The van der Waals surface area contributed by atoms with Crippen LogP contribution in [-0.4, -0.2) is 263 Å². The number of carbonyl (C=O) groups excluding carboxylic acids is 12. The van der Waals surface area contributed by atoms with Crippen molar-refractivity contribution in [2.24, 2.45) is 23.7 Å². The number of piperidine rings is 1. The third-order valence-electron chi connectivity index (χ3n) is 22.0. The van der Waals surface area contributed by atoms with E-state index in [1.807, 2.05) is 20.8 Å². The maximum absolute atomic E-state index is 15.8. The maximum atomic E-state index is 15.8. The summed E-state index contributed by atoms with van der Waals surface area (Å²) < 4.78 is 41.7. The van der Waals surface area contributed by atoms with Crippen LogP contribution in [0, 0.1) is 23.7 Å². The number of rotatable bonds is 13. The lowest BCUT2D eigenvalue weighted by Crippen LogP contribution is -2.65. The quantitative estimate of drug-likeness (QED) is 0.183. The largest absolute Gasteiger partial charge is 0.481 e. The number of amides is 12. The van der Waals surface area contributed by atoms with Gasteiger partial charge >= 0.3 is 12.1 Å². The van der Waals surface area contributed by atoms with E-state index in [0.29, 0.717) is 70.9 Å². The van der Waals surface area contributed by atoms with Crippen LogP contribution in [0.3, 0.4) is 0 Å². The van der Waals surface area contributed by atoms with Gasteiger partial charge in [-0.15, -0.1) is 0 Å². The third kappa shape index (κ3) is 22.2. The molecule has 12 amide bonds. The molecule has 0 unspecified atom stereocenters. The number of carboxylic acid groups (broad SMARTS) is 1. The fraction of sp³-hybridized carbons (Fsp3) is 0.740. The van der Waals surface area contributed by atoms with Gasteiger partial charge in [-0.05, 0) is 112 Å². The van der Waals surface area contributed by atoms with Crippen LogP contribution in [0.4, 0.5) is 13.2 Å². The highest BCUT2D eigenvalue weighted by atomic mass is 35.5. The van der Waals surface area contributed by atoms with Crippen molar-refractivity contribution in [3.05, 3.63) is 34.3 Å². The van der Waals surface area contributed by atoms with E-state index >= 15 is 28.8 Å². The normalized spacial score (nSPS) is 25.9. The molecule has 8 atom stereocenters. The lowest BCUT2D eigenvalue weighted by atomic mass is 9.81. The molecule has 0 radical (unpaired) electrons. The van der Waals surface area contributed by atoms with Crippen molar-refractivity contribution in [1.29, 1.82) is 0 Å². The fourth-order valence-electron chi connectivity index (χ4n) is 15.3. The molecule has 3 aliphatic carbocycles. The zero-order chi connectivity index (χ0) is 76.5. The molecule has 5 fully saturated rings. The predicted octanol–water partition coefficient (Wildman–Crippen LogP) is 5.73. The molecule has 2 saturated heterocycles. The van der Waals surface area contributed by atoms with Crippen molar-refractivity contribution in [3.8, 4) is 0 Å². The van der Waals surface area contributed by atoms with Crippen molar-refractivity contribution < 1.29 is 80.6 Å². The van der Waals surface area contributed by atoms with Crippen LogP contribution in [0.25, 0.3) is 0 Å². The minimum Gasteiger partial charge on any atom is -0.481 e.